The summed E-state index contributed by atoms with van der Waals surface area (Å²) in [5.74, 6) is 1.01. The lowest BCUT2D eigenvalue weighted by Gasteiger charge is -2.12. The number of hydrogen-bond acceptors (Lipinski definition) is 4. The van der Waals surface area contributed by atoms with Crippen molar-refractivity contribution in [2.24, 2.45) is 0 Å². The van der Waals surface area contributed by atoms with Gasteiger partial charge in [-0.1, -0.05) is 18.2 Å². The number of aryl methyl sites for hydroxylation is 3. The average Bonchev–Trinajstić information content (AvgIpc) is 2.68. The van der Waals surface area contributed by atoms with E-state index in [1.807, 2.05) is 38.1 Å². The van der Waals surface area contributed by atoms with Crippen LogP contribution in [0, 0.1) is 13.8 Å². The van der Waals surface area contributed by atoms with Gasteiger partial charge in [0.2, 0.25) is 5.91 Å². The number of hydrogen-bond donors (Lipinski definition) is 2. The van der Waals surface area contributed by atoms with E-state index in [2.05, 4.69) is 10.3 Å². The SMILES string of the molecule is COc1cc2cc(CCC(=O)Nc3c(C)cccc3C)c(=O)[nH]c2cc1OC. The number of nitrogens with one attached hydrogen (secondary N) is 2. The second kappa shape index (κ2) is 8.17. The van der Waals surface area contributed by atoms with Crippen LogP contribution in [0.5, 0.6) is 11.5 Å². The summed E-state index contributed by atoms with van der Waals surface area (Å²) in [6.45, 7) is 3.91. The first-order chi connectivity index (χ1) is 13.4. The molecule has 0 bridgehead atoms. The Morgan fingerprint density at radius 1 is 1.04 bits per heavy atom. The largest absolute Gasteiger partial charge is 0.493 e. The zero-order chi connectivity index (χ0) is 20.3. The molecule has 0 saturated heterocycles. The number of benzene rings is 2. The van der Waals surface area contributed by atoms with Gasteiger partial charge in [-0.3, -0.25) is 9.59 Å². The first-order valence-electron chi connectivity index (χ1n) is 9.07. The number of anilines is 1. The van der Waals surface area contributed by atoms with Gasteiger partial charge < -0.3 is 19.8 Å². The lowest BCUT2D eigenvalue weighted by molar-refractivity contribution is -0.116. The van der Waals surface area contributed by atoms with Crippen LogP contribution < -0.4 is 20.3 Å². The van der Waals surface area contributed by atoms with Crippen LogP contribution in [0.2, 0.25) is 0 Å². The summed E-state index contributed by atoms with van der Waals surface area (Å²) in [6.07, 6.45) is 0.562. The van der Waals surface area contributed by atoms with E-state index in [9.17, 15) is 9.59 Å². The van der Waals surface area contributed by atoms with E-state index in [1.165, 1.54) is 0 Å². The van der Waals surface area contributed by atoms with Gasteiger partial charge in [-0.2, -0.15) is 0 Å². The molecule has 0 aliphatic heterocycles. The predicted octanol–water partition coefficient (Wildman–Crippen LogP) is 3.73. The summed E-state index contributed by atoms with van der Waals surface area (Å²) in [6, 6.07) is 11.2. The number of aromatic amines is 1. The molecule has 0 radical (unpaired) electrons. The first kappa shape index (κ1) is 19.5. The number of carbonyl (C=O) groups is 1. The summed E-state index contributed by atoms with van der Waals surface area (Å²) in [5.41, 5.74) is 3.86. The van der Waals surface area contributed by atoms with E-state index in [0.717, 1.165) is 22.2 Å². The highest BCUT2D eigenvalue weighted by molar-refractivity contribution is 5.92. The molecule has 1 amide bonds. The van der Waals surface area contributed by atoms with Crippen molar-refractivity contribution in [2.75, 3.05) is 19.5 Å². The zero-order valence-electron chi connectivity index (χ0n) is 16.5. The highest BCUT2D eigenvalue weighted by Gasteiger charge is 2.12. The van der Waals surface area contributed by atoms with Crippen molar-refractivity contribution in [1.82, 2.24) is 4.98 Å². The third-order valence-electron chi connectivity index (χ3n) is 4.79. The van der Waals surface area contributed by atoms with Crippen LogP contribution >= 0.6 is 0 Å². The molecule has 1 heterocycles. The molecular formula is C22H24N2O4. The molecule has 0 fully saturated rings. The van der Waals surface area contributed by atoms with Crippen molar-refractivity contribution >= 4 is 22.5 Å². The predicted molar refractivity (Wildman–Crippen MR) is 111 cm³/mol. The molecule has 2 N–H and O–H groups in total. The third kappa shape index (κ3) is 4.01. The number of para-hydroxylation sites is 1. The lowest BCUT2D eigenvalue weighted by Crippen LogP contribution is -2.18. The topological polar surface area (TPSA) is 80.4 Å². The monoisotopic (exact) mass is 380 g/mol. The van der Waals surface area contributed by atoms with E-state index < -0.39 is 0 Å². The van der Waals surface area contributed by atoms with Crippen LogP contribution in [0.4, 0.5) is 5.69 Å². The Hall–Kier alpha value is -3.28. The summed E-state index contributed by atoms with van der Waals surface area (Å²) in [5, 5.41) is 3.77. The highest BCUT2D eigenvalue weighted by atomic mass is 16.5. The van der Waals surface area contributed by atoms with Crippen molar-refractivity contribution in [3.8, 4) is 11.5 Å². The van der Waals surface area contributed by atoms with Gasteiger partial charge in [0.05, 0.1) is 19.7 Å². The molecule has 3 aromatic rings. The first-order valence-corrected chi connectivity index (χ1v) is 9.07. The van der Waals surface area contributed by atoms with Crippen LogP contribution in [0.3, 0.4) is 0 Å². The Bertz CT molecular complexity index is 1070. The molecule has 6 nitrogen and oxygen atoms in total. The third-order valence-corrected chi connectivity index (χ3v) is 4.79. The molecular weight excluding hydrogens is 356 g/mol. The minimum Gasteiger partial charge on any atom is -0.493 e. The maximum absolute atomic E-state index is 12.4. The van der Waals surface area contributed by atoms with Crippen LogP contribution in [0.25, 0.3) is 10.9 Å². The Morgan fingerprint density at radius 3 is 2.32 bits per heavy atom. The molecule has 1 aromatic heterocycles. The maximum atomic E-state index is 12.4. The van der Waals surface area contributed by atoms with Gasteiger partial charge in [0.15, 0.2) is 11.5 Å². The number of rotatable bonds is 6. The molecule has 0 unspecified atom stereocenters. The number of H-pyrrole nitrogens is 1. The highest BCUT2D eigenvalue weighted by Crippen LogP contribution is 2.31. The Labute approximate surface area is 163 Å². The zero-order valence-corrected chi connectivity index (χ0v) is 16.5. The van der Waals surface area contributed by atoms with Gasteiger partial charge in [0.25, 0.3) is 5.56 Å². The van der Waals surface area contributed by atoms with Crippen LogP contribution in [0.1, 0.15) is 23.1 Å². The molecule has 3 rings (SSSR count). The maximum Gasteiger partial charge on any atom is 0.251 e. The molecule has 6 heteroatoms. The summed E-state index contributed by atoms with van der Waals surface area (Å²) in [4.78, 5) is 27.6. The molecule has 2 aromatic carbocycles. The van der Waals surface area contributed by atoms with Crippen LogP contribution in [-0.4, -0.2) is 25.1 Å². The standard InChI is InChI=1S/C22H24N2O4/c1-13-6-5-7-14(2)21(13)24-20(25)9-8-15-10-16-11-18(27-3)19(28-4)12-17(16)23-22(15)26/h5-7,10-12H,8-9H2,1-4H3,(H,23,26)(H,24,25). The molecule has 28 heavy (non-hydrogen) atoms. The minimum absolute atomic E-state index is 0.121. The number of aromatic nitrogens is 1. The minimum atomic E-state index is -0.209. The Kier molecular flexibility index (Phi) is 5.68. The molecule has 0 atom stereocenters. The van der Waals surface area contributed by atoms with Gasteiger partial charge in [-0.25, -0.2) is 0 Å². The second-order valence-corrected chi connectivity index (χ2v) is 6.73. The van der Waals surface area contributed by atoms with E-state index in [4.69, 9.17) is 9.47 Å². The molecule has 0 aliphatic rings. The average molecular weight is 380 g/mol. The fourth-order valence-corrected chi connectivity index (χ4v) is 3.23. The Balaban J connectivity index is 1.79. The second-order valence-electron chi connectivity index (χ2n) is 6.73. The molecule has 0 saturated carbocycles. The van der Waals surface area contributed by atoms with Gasteiger partial charge in [-0.15, -0.1) is 0 Å². The van der Waals surface area contributed by atoms with Crippen molar-refractivity contribution in [1.29, 1.82) is 0 Å². The van der Waals surface area contributed by atoms with E-state index in [-0.39, 0.29) is 17.9 Å². The van der Waals surface area contributed by atoms with Gasteiger partial charge in [-0.05, 0) is 43.5 Å². The summed E-state index contributed by atoms with van der Waals surface area (Å²) in [7, 11) is 3.11. The number of amides is 1. The summed E-state index contributed by atoms with van der Waals surface area (Å²) >= 11 is 0. The lowest BCUT2D eigenvalue weighted by atomic mass is 10.1. The number of methoxy groups -OCH3 is 2. The van der Waals surface area contributed by atoms with Crippen molar-refractivity contribution < 1.29 is 14.3 Å². The van der Waals surface area contributed by atoms with Crippen LogP contribution in [0.15, 0.2) is 41.2 Å². The van der Waals surface area contributed by atoms with Crippen molar-refractivity contribution in [3.63, 3.8) is 0 Å². The number of pyridine rings is 1. The smallest absolute Gasteiger partial charge is 0.251 e. The van der Waals surface area contributed by atoms with Gasteiger partial charge in [0.1, 0.15) is 0 Å². The number of fused-ring (bicyclic) bond motifs is 1. The summed E-state index contributed by atoms with van der Waals surface area (Å²) < 4.78 is 10.6. The van der Waals surface area contributed by atoms with Crippen molar-refractivity contribution in [3.05, 3.63) is 63.4 Å². The van der Waals surface area contributed by atoms with Crippen molar-refractivity contribution in [2.45, 2.75) is 26.7 Å². The fraction of sp³-hybridized carbons (Fsp3) is 0.273. The molecule has 146 valence electrons. The van der Waals surface area contributed by atoms with Gasteiger partial charge in [0, 0.05) is 29.1 Å². The Morgan fingerprint density at radius 2 is 1.68 bits per heavy atom. The van der Waals surface area contributed by atoms with E-state index >= 15 is 0 Å². The molecule has 0 spiro atoms. The van der Waals surface area contributed by atoms with E-state index in [0.29, 0.717) is 29.0 Å². The fourth-order valence-electron chi connectivity index (χ4n) is 3.23. The van der Waals surface area contributed by atoms with Crippen LogP contribution in [-0.2, 0) is 11.2 Å². The van der Waals surface area contributed by atoms with E-state index in [1.54, 1.807) is 26.4 Å². The number of carbonyl (C=O) groups excluding carboxylic acids is 1. The number of ether oxygens (including phenoxy) is 2. The normalized spacial score (nSPS) is 10.7. The quantitative estimate of drug-likeness (QED) is 0.683. The van der Waals surface area contributed by atoms with Gasteiger partial charge >= 0.3 is 0 Å². The molecule has 0 aliphatic carbocycles.